The van der Waals surface area contributed by atoms with Gasteiger partial charge in [0.2, 0.25) is 10.0 Å². The minimum absolute atomic E-state index is 0.302. The monoisotopic (exact) mass is 332 g/mol. The van der Waals surface area contributed by atoms with E-state index >= 15 is 0 Å². The van der Waals surface area contributed by atoms with Gasteiger partial charge in [-0.2, -0.15) is 0 Å². The molecule has 2 rings (SSSR count). The molecule has 0 aromatic heterocycles. The van der Waals surface area contributed by atoms with Crippen LogP contribution in [-0.2, 0) is 16.6 Å². The highest BCUT2D eigenvalue weighted by Crippen LogP contribution is 2.23. The van der Waals surface area contributed by atoms with Gasteiger partial charge in [0.05, 0.1) is 4.90 Å². The first-order valence-corrected chi connectivity index (χ1v) is 8.99. The van der Waals surface area contributed by atoms with Crippen LogP contribution in [-0.4, -0.2) is 26.8 Å². The molecule has 0 atom stereocenters. The van der Waals surface area contributed by atoms with E-state index in [1.54, 1.807) is 26.2 Å². The maximum Gasteiger partial charge on any atom is 0.242 e. The molecule has 0 saturated carbocycles. The van der Waals surface area contributed by atoms with Gasteiger partial charge >= 0.3 is 0 Å². The highest BCUT2D eigenvalue weighted by molar-refractivity contribution is 7.89. The van der Waals surface area contributed by atoms with Gasteiger partial charge in [0, 0.05) is 26.3 Å². The number of benzene rings is 2. The predicted octanol–water partition coefficient (Wildman–Crippen LogP) is 3.47. The first kappa shape index (κ1) is 17.5. The summed E-state index contributed by atoms with van der Waals surface area (Å²) < 4.78 is 25.8. The Morgan fingerprint density at radius 3 is 2.26 bits per heavy atom. The van der Waals surface area contributed by atoms with Gasteiger partial charge in [0.15, 0.2) is 0 Å². The first-order valence-electron chi connectivity index (χ1n) is 7.55. The van der Waals surface area contributed by atoms with E-state index in [4.69, 9.17) is 0 Å². The lowest BCUT2D eigenvalue weighted by Gasteiger charge is -2.16. The Kier molecular flexibility index (Phi) is 5.12. The molecule has 0 unspecified atom stereocenters. The zero-order valence-corrected chi connectivity index (χ0v) is 15.2. The van der Waals surface area contributed by atoms with Gasteiger partial charge in [-0.1, -0.05) is 29.8 Å². The van der Waals surface area contributed by atoms with Crippen molar-refractivity contribution in [2.24, 2.45) is 0 Å². The van der Waals surface area contributed by atoms with E-state index < -0.39 is 10.0 Å². The fraction of sp³-hybridized carbons (Fsp3) is 0.333. The van der Waals surface area contributed by atoms with Gasteiger partial charge in [0.1, 0.15) is 0 Å². The molecular formula is C18H24N2O2S. The summed E-state index contributed by atoms with van der Waals surface area (Å²) in [4.78, 5) is 0.302. The van der Waals surface area contributed by atoms with Gasteiger partial charge < -0.3 is 5.32 Å². The van der Waals surface area contributed by atoms with E-state index in [2.05, 4.69) is 37.4 Å². The van der Waals surface area contributed by atoms with Crippen LogP contribution in [0.25, 0.3) is 0 Å². The minimum Gasteiger partial charge on any atom is -0.381 e. The van der Waals surface area contributed by atoms with E-state index in [-0.39, 0.29) is 0 Å². The van der Waals surface area contributed by atoms with Crippen molar-refractivity contribution in [2.75, 3.05) is 19.4 Å². The predicted molar refractivity (Wildman–Crippen MR) is 95.3 cm³/mol. The summed E-state index contributed by atoms with van der Waals surface area (Å²) in [6.45, 7) is 6.78. The Balaban J connectivity index is 2.28. The van der Waals surface area contributed by atoms with Crippen LogP contribution in [0.2, 0.25) is 0 Å². The summed E-state index contributed by atoms with van der Waals surface area (Å²) in [5.74, 6) is 0. The molecule has 4 nitrogen and oxygen atoms in total. The number of rotatable bonds is 5. The van der Waals surface area contributed by atoms with Crippen LogP contribution in [0.1, 0.15) is 22.3 Å². The van der Waals surface area contributed by atoms with E-state index in [0.717, 1.165) is 11.3 Å². The lowest BCUT2D eigenvalue weighted by atomic mass is 10.1. The van der Waals surface area contributed by atoms with Gasteiger partial charge in [0.25, 0.3) is 0 Å². The maximum absolute atomic E-state index is 12.3. The molecule has 0 saturated heterocycles. The topological polar surface area (TPSA) is 49.4 Å². The van der Waals surface area contributed by atoms with E-state index in [0.29, 0.717) is 11.4 Å². The molecule has 0 aliphatic heterocycles. The average Bonchev–Trinajstić information content (AvgIpc) is 2.49. The van der Waals surface area contributed by atoms with Crippen molar-refractivity contribution in [3.05, 3.63) is 58.7 Å². The molecule has 0 heterocycles. The van der Waals surface area contributed by atoms with Crippen molar-refractivity contribution < 1.29 is 8.42 Å². The molecule has 0 amide bonds. The number of sulfonamides is 1. The molecule has 0 radical (unpaired) electrons. The highest BCUT2D eigenvalue weighted by Gasteiger charge is 2.18. The smallest absolute Gasteiger partial charge is 0.242 e. The summed E-state index contributed by atoms with van der Waals surface area (Å²) in [6.07, 6.45) is 0. The second kappa shape index (κ2) is 6.72. The molecule has 0 bridgehead atoms. The van der Waals surface area contributed by atoms with Crippen molar-refractivity contribution in [1.29, 1.82) is 0 Å². The van der Waals surface area contributed by atoms with Crippen molar-refractivity contribution in [2.45, 2.75) is 32.2 Å². The zero-order valence-electron chi connectivity index (χ0n) is 14.3. The summed E-state index contributed by atoms with van der Waals surface area (Å²) in [6, 6.07) is 11.5. The number of aryl methyl sites for hydroxylation is 3. The van der Waals surface area contributed by atoms with Gasteiger partial charge in [-0.25, -0.2) is 12.7 Å². The van der Waals surface area contributed by atoms with Crippen molar-refractivity contribution in [3.63, 3.8) is 0 Å². The molecule has 1 N–H and O–H groups in total. The van der Waals surface area contributed by atoms with E-state index in [9.17, 15) is 8.42 Å². The molecule has 23 heavy (non-hydrogen) atoms. The third kappa shape index (κ3) is 3.92. The summed E-state index contributed by atoms with van der Waals surface area (Å²) in [5, 5.41) is 3.37. The lowest BCUT2D eigenvalue weighted by Crippen LogP contribution is -2.22. The summed E-state index contributed by atoms with van der Waals surface area (Å²) in [5.41, 5.74) is 5.51. The third-order valence-corrected chi connectivity index (χ3v) is 5.77. The number of nitrogens with zero attached hydrogens (tertiary/aromatic N) is 1. The fourth-order valence-electron chi connectivity index (χ4n) is 2.34. The van der Waals surface area contributed by atoms with Crippen LogP contribution < -0.4 is 5.32 Å². The van der Waals surface area contributed by atoms with E-state index in [1.807, 2.05) is 13.0 Å². The normalized spacial score (nSPS) is 11.7. The number of hydrogen-bond donors (Lipinski definition) is 1. The Morgan fingerprint density at radius 1 is 0.957 bits per heavy atom. The third-order valence-electron chi connectivity index (χ3n) is 3.96. The van der Waals surface area contributed by atoms with Crippen LogP contribution in [0.5, 0.6) is 0 Å². The Hall–Kier alpha value is -1.85. The van der Waals surface area contributed by atoms with Crippen molar-refractivity contribution in [3.8, 4) is 0 Å². The molecular weight excluding hydrogens is 308 g/mol. The zero-order chi connectivity index (χ0) is 17.2. The molecule has 0 spiro atoms. The minimum atomic E-state index is -3.42. The Labute approximate surface area is 139 Å². The second-order valence-electron chi connectivity index (χ2n) is 6.05. The number of nitrogens with one attached hydrogen (secondary N) is 1. The molecule has 0 aliphatic rings. The summed E-state index contributed by atoms with van der Waals surface area (Å²) >= 11 is 0. The highest BCUT2D eigenvalue weighted by atomic mass is 32.2. The van der Waals surface area contributed by atoms with Crippen molar-refractivity contribution >= 4 is 15.7 Å². The molecule has 2 aromatic carbocycles. The van der Waals surface area contributed by atoms with Gasteiger partial charge in [-0.3, -0.25) is 0 Å². The van der Waals surface area contributed by atoms with E-state index in [1.165, 1.54) is 21.0 Å². The van der Waals surface area contributed by atoms with Crippen LogP contribution in [0, 0.1) is 20.8 Å². The SMILES string of the molecule is Cc1ccc(C)c(CNc2cc(S(=O)(=O)N(C)C)ccc2C)c1. The first-order chi connectivity index (χ1) is 10.7. The second-order valence-corrected chi connectivity index (χ2v) is 8.20. The van der Waals surface area contributed by atoms with Gasteiger partial charge in [-0.15, -0.1) is 0 Å². The molecule has 2 aromatic rings. The lowest BCUT2D eigenvalue weighted by molar-refractivity contribution is 0.521. The quantitative estimate of drug-likeness (QED) is 0.912. The fourth-order valence-corrected chi connectivity index (χ4v) is 3.27. The molecule has 5 heteroatoms. The molecule has 0 aliphatic carbocycles. The largest absolute Gasteiger partial charge is 0.381 e. The standard InChI is InChI=1S/C18H24N2O2S/c1-13-6-7-14(2)16(10-13)12-19-18-11-17(9-8-15(18)3)23(21,22)20(4)5/h6-11,19H,12H2,1-5H3. The molecule has 0 fully saturated rings. The summed E-state index contributed by atoms with van der Waals surface area (Å²) in [7, 11) is -0.340. The molecule has 124 valence electrons. The van der Waals surface area contributed by atoms with Crippen molar-refractivity contribution in [1.82, 2.24) is 4.31 Å². The van der Waals surface area contributed by atoms with Crippen LogP contribution in [0.3, 0.4) is 0 Å². The Bertz CT molecular complexity index is 812. The average molecular weight is 332 g/mol. The van der Waals surface area contributed by atoms with Crippen LogP contribution in [0.15, 0.2) is 41.3 Å². The maximum atomic E-state index is 12.3. The Morgan fingerprint density at radius 2 is 1.61 bits per heavy atom. The number of anilines is 1. The van der Waals surface area contributed by atoms with Crippen LogP contribution >= 0.6 is 0 Å². The van der Waals surface area contributed by atoms with Gasteiger partial charge in [-0.05, 0) is 49.6 Å². The number of hydrogen-bond acceptors (Lipinski definition) is 3. The van der Waals surface area contributed by atoms with Crippen LogP contribution in [0.4, 0.5) is 5.69 Å².